The molecule has 22 heavy (non-hydrogen) atoms. The van der Waals surface area contributed by atoms with Gasteiger partial charge in [0.2, 0.25) is 5.91 Å². The van der Waals surface area contributed by atoms with Crippen molar-refractivity contribution >= 4 is 22.8 Å². The lowest BCUT2D eigenvalue weighted by molar-refractivity contribution is -0.127. The molecule has 2 saturated heterocycles. The Hall–Kier alpha value is -0.550. The number of carbonyl (C=O) groups excluding carboxylic acids is 2. The lowest BCUT2D eigenvalue weighted by Crippen LogP contribution is -2.29. The number of rotatable bonds is 7. The summed E-state index contributed by atoms with van der Waals surface area (Å²) in [6, 6.07) is 0. The van der Waals surface area contributed by atoms with E-state index in [0.29, 0.717) is 12.3 Å². The Morgan fingerprint density at radius 3 is 2.50 bits per heavy atom. The molecule has 2 fully saturated rings. The molecule has 0 radical (unpaired) electrons. The van der Waals surface area contributed by atoms with Gasteiger partial charge in [0, 0.05) is 32.2 Å². The Labute approximate surface area is 139 Å². The van der Waals surface area contributed by atoms with Crippen LogP contribution in [-0.4, -0.2) is 59.3 Å². The largest absolute Gasteiger partial charge is 0.342 e. The lowest BCUT2D eigenvalue weighted by atomic mass is 10.1. The molecule has 0 aromatic carbocycles. The summed E-state index contributed by atoms with van der Waals surface area (Å²) in [4.78, 5) is 27.6. The van der Waals surface area contributed by atoms with E-state index in [0.717, 1.165) is 25.3 Å². The van der Waals surface area contributed by atoms with Crippen molar-refractivity contribution in [2.45, 2.75) is 51.9 Å². The van der Waals surface area contributed by atoms with E-state index in [2.05, 4.69) is 4.90 Å². The van der Waals surface area contributed by atoms with E-state index in [-0.39, 0.29) is 11.0 Å². The minimum Gasteiger partial charge on any atom is -0.342 e. The predicted molar refractivity (Wildman–Crippen MR) is 92.0 cm³/mol. The van der Waals surface area contributed by atoms with Gasteiger partial charge in [-0.1, -0.05) is 24.6 Å². The van der Waals surface area contributed by atoms with Gasteiger partial charge in [0.15, 0.2) is 5.12 Å². The molecular weight excluding hydrogens is 296 g/mol. The maximum Gasteiger partial charge on any atom is 0.222 e. The number of unbranched alkanes of at least 4 members (excludes halogenated alkanes) is 1. The number of likely N-dealkylation sites (tertiary alicyclic amines) is 2. The van der Waals surface area contributed by atoms with Crippen molar-refractivity contribution in [3.05, 3.63) is 0 Å². The van der Waals surface area contributed by atoms with Crippen LogP contribution in [0.2, 0.25) is 0 Å². The number of hydrogen-bond donors (Lipinski definition) is 0. The third-order valence-electron chi connectivity index (χ3n) is 4.67. The van der Waals surface area contributed by atoms with Crippen LogP contribution >= 0.6 is 11.8 Å². The molecule has 0 aromatic rings. The van der Waals surface area contributed by atoms with Gasteiger partial charge in [0.25, 0.3) is 0 Å². The first kappa shape index (κ1) is 17.8. The van der Waals surface area contributed by atoms with Crippen LogP contribution in [-0.2, 0) is 9.59 Å². The first-order chi connectivity index (χ1) is 10.6. The number of amides is 1. The zero-order valence-electron chi connectivity index (χ0n) is 13.9. The van der Waals surface area contributed by atoms with Gasteiger partial charge >= 0.3 is 0 Å². The first-order valence-electron chi connectivity index (χ1n) is 8.78. The van der Waals surface area contributed by atoms with Gasteiger partial charge in [-0.2, -0.15) is 0 Å². The van der Waals surface area contributed by atoms with Crippen molar-refractivity contribution < 1.29 is 9.59 Å². The van der Waals surface area contributed by atoms with Crippen LogP contribution in [0, 0.1) is 5.92 Å². The topological polar surface area (TPSA) is 40.6 Å². The molecule has 126 valence electrons. The monoisotopic (exact) mass is 326 g/mol. The van der Waals surface area contributed by atoms with Gasteiger partial charge in [0.1, 0.15) is 0 Å². The summed E-state index contributed by atoms with van der Waals surface area (Å²) in [6.07, 6.45) is 8.40. The normalized spacial score (nSPS) is 23.8. The Kier molecular flexibility index (Phi) is 7.73. The average molecular weight is 327 g/mol. The molecule has 4 nitrogen and oxygen atoms in total. The van der Waals surface area contributed by atoms with E-state index in [4.69, 9.17) is 0 Å². The van der Waals surface area contributed by atoms with Gasteiger partial charge in [-0.05, 0) is 51.2 Å². The highest BCUT2D eigenvalue weighted by Gasteiger charge is 2.29. The maximum atomic E-state index is 12.0. The molecule has 0 saturated carbocycles. The summed E-state index contributed by atoms with van der Waals surface area (Å²) in [5.74, 6) is 1.45. The van der Waals surface area contributed by atoms with Crippen LogP contribution in [0.1, 0.15) is 51.9 Å². The van der Waals surface area contributed by atoms with Gasteiger partial charge in [-0.25, -0.2) is 0 Å². The molecule has 1 unspecified atom stereocenters. The van der Waals surface area contributed by atoms with Crippen LogP contribution in [0.4, 0.5) is 0 Å². The molecule has 1 amide bonds. The van der Waals surface area contributed by atoms with Crippen LogP contribution in [0.25, 0.3) is 0 Å². The SMILES string of the molecule is CC(=O)SCC1CC(=O)N(CCCCN2CCCCCC2)C1. The van der Waals surface area contributed by atoms with Crippen LogP contribution in [0.3, 0.4) is 0 Å². The molecule has 2 aliphatic rings. The highest BCUT2D eigenvalue weighted by Crippen LogP contribution is 2.22. The van der Waals surface area contributed by atoms with E-state index >= 15 is 0 Å². The lowest BCUT2D eigenvalue weighted by Gasteiger charge is -2.21. The minimum atomic E-state index is 0.156. The highest BCUT2D eigenvalue weighted by molar-refractivity contribution is 8.13. The second kappa shape index (κ2) is 9.56. The summed E-state index contributed by atoms with van der Waals surface area (Å²) in [6.45, 7) is 7.05. The van der Waals surface area contributed by atoms with Crippen LogP contribution < -0.4 is 0 Å². The molecular formula is C17H30N2O2S. The summed E-state index contributed by atoms with van der Waals surface area (Å²) < 4.78 is 0. The van der Waals surface area contributed by atoms with Crippen molar-refractivity contribution in [2.24, 2.45) is 5.92 Å². The molecule has 5 heteroatoms. The minimum absolute atomic E-state index is 0.156. The third kappa shape index (κ3) is 6.29. The summed E-state index contributed by atoms with van der Waals surface area (Å²) in [5, 5.41) is 0.156. The van der Waals surface area contributed by atoms with Crippen molar-refractivity contribution in [2.75, 3.05) is 38.5 Å². The Morgan fingerprint density at radius 2 is 1.82 bits per heavy atom. The standard InChI is InChI=1S/C17H30N2O2S/c1-15(20)22-14-16-12-17(21)19(13-16)11-7-6-10-18-8-4-2-3-5-9-18/h16H,2-14H2,1H3. The number of nitrogens with zero attached hydrogens (tertiary/aromatic N) is 2. The van der Waals surface area contributed by atoms with E-state index in [1.54, 1.807) is 6.92 Å². The van der Waals surface area contributed by atoms with E-state index in [9.17, 15) is 9.59 Å². The number of carbonyl (C=O) groups is 2. The van der Waals surface area contributed by atoms with Gasteiger partial charge in [-0.15, -0.1) is 0 Å². The quantitative estimate of drug-likeness (QED) is 0.675. The maximum absolute atomic E-state index is 12.0. The number of thioether (sulfide) groups is 1. The highest BCUT2D eigenvalue weighted by atomic mass is 32.2. The predicted octanol–water partition coefficient (Wildman–Crippen LogP) is 2.77. The van der Waals surface area contributed by atoms with E-state index < -0.39 is 0 Å². The Balaban J connectivity index is 1.58. The fourth-order valence-corrected chi connectivity index (χ4v) is 4.11. The Morgan fingerprint density at radius 1 is 1.14 bits per heavy atom. The average Bonchev–Trinajstić information content (AvgIpc) is 2.68. The fraction of sp³-hybridized carbons (Fsp3) is 0.882. The second-order valence-electron chi connectivity index (χ2n) is 6.68. The molecule has 2 aliphatic heterocycles. The zero-order chi connectivity index (χ0) is 15.8. The molecule has 2 rings (SSSR count). The van der Waals surface area contributed by atoms with Crippen molar-refractivity contribution in [3.63, 3.8) is 0 Å². The smallest absolute Gasteiger partial charge is 0.222 e. The summed E-state index contributed by atoms with van der Waals surface area (Å²) >= 11 is 1.36. The van der Waals surface area contributed by atoms with Crippen LogP contribution in [0.15, 0.2) is 0 Å². The molecule has 0 N–H and O–H groups in total. The molecule has 0 spiro atoms. The molecule has 0 bridgehead atoms. The Bertz CT molecular complexity index is 368. The van der Waals surface area contributed by atoms with E-state index in [1.807, 2.05) is 4.90 Å². The fourth-order valence-electron chi connectivity index (χ4n) is 3.41. The molecule has 1 atom stereocenters. The van der Waals surface area contributed by atoms with Crippen molar-refractivity contribution in [1.82, 2.24) is 9.80 Å². The summed E-state index contributed by atoms with van der Waals surface area (Å²) in [5.41, 5.74) is 0. The zero-order valence-corrected chi connectivity index (χ0v) is 14.7. The first-order valence-corrected chi connectivity index (χ1v) is 9.77. The van der Waals surface area contributed by atoms with Crippen molar-refractivity contribution in [1.29, 1.82) is 0 Å². The molecule has 0 aromatic heterocycles. The van der Waals surface area contributed by atoms with Gasteiger partial charge < -0.3 is 9.80 Å². The van der Waals surface area contributed by atoms with Crippen LogP contribution in [0.5, 0.6) is 0 Å². The summed E-state index contributed by atoms with van der Waals surface area (Å²) in [7, 11) is 0. The van der Waals surface area contributed by atoms with Crippen molar-refractivity contribution in [3.8, 4) is 0 Å². The molecule has 2 heterocycles. The molecule has 0 aliphatic carbocycles. The third-order valence-corrected chi connectivity index (χ3v) is 5.71. The van der Waals surface area contributed by atoms with Gasteiger partial charge in [-0.3, -0.25) is 9.59 Å². The second-order valence-corrected chi connectivity index (χ2v) is 7.87. The van der Waals surface area contributed by atoms with Gasteiger partial charge in [0.05, 0.1) is 0 Å². The number of hydrogen-bond acceptors (Lipinski definition) is 4. The van der Waals surface area contributed by atoms with E-state index in [1.165, 1.54) is 63.5 Å².